The van der Waals surface area contributed by atoms with Gasteiger partial charge in [-0.2, -0.15) is 0 Å². The number of esters is 1. The van der Waals surface area contributed by atoms with Gasteiger partial charge in [-0.3, -0.25) is 4.79 Å². The van der Waals surface area contributed by atoms with E-state index in [2.05, 4.69) is 10.3 Å². The molecule has 0 radical (unpaired) electrons. The Labute approximate surface area is 128 Å². The summed E-state index contributed by atoms with van der Waals surface area (Å²) < 4.78 is 5.04. The van der Waals surface area contributed by atoms with Crippen molar-refractivity contribution < 1.29 is 14.3 Å². The lowest BCUT2D eigenvalue weighted by Gasteiger charge is -2.11. The predicted octanol–water partition coefficient (Wildman–Crippen LogP) is 2.45. The Morgan fingerprint density at radius 3 is 2.73 bits per heavy atom. The lowest BCUT2D eigenvalue weighted by atomic mass is 10.2. The van der Waals surface area contributed by atoms with E-state index in [0.717, 1.165) is 36.6 Å². The van der Waals surface area contributed by atoms with E-state index in [1.54, 1.807) is 6.07 Å². The first-order chi connectivity index (χ1) is 10.7. The van der Waals surface area contributed by atoms with Crippen molar-refractivity contribution in [1.29, 1.82) is 0 Å². The first-order valence-electron chi connectivity index (χ1n) is 7.55. The van der Waals surface area contributed by atoms with E-state index in [9.17, 15) is 9.59 Å². The van der Waals surface area contributed by atoms with E-state index >= 15 is 0 Å². The molecule has 22 heavy (non-hydrogen) atoms. The number of fused-ring (bicyclic) bond motifs is 1. The van der Waals surface area contributed by atoms with Crippen LogP contribution in [0, 0.1) is 0 Å². The maximum Gasteiger partial charge on any atom is 0.357 e. The largest absolute Gasteiger partial charge is 0.451 e. The van der Waals surface area contributed by atoms with E-state index < -0.39 is 5.97 Å². The average molecular weight is 298 g/mol. The molecule has 1 N–H and O–H groups in total. The standard InChI is InChI=1S/C17H18N2O3/c20-16(18-13-6-2-3-7-13)11-22-17(21)15-10-9-12-5-1-4-8-14(12)19-15/h1,4-5,8-10,13H,2-3,6-7,11H2,(H,18,20). The number of nitrogens with one attached hydrogen (secondary N) is 1. The number of para-hydroxylation sites is 1. The van der Waals surface area contributed by atoms with E-state index in [1.807, 2.05) is 30.3 Å². The molecular weight excluding hydrogens is 280 g/mol. The summed E-state index contributed by atoms with van der Waals surface area (Å²) in [5.74, 6) is -0.826. The molecule has 1 heterocycles. The number of amides is 1. The lowest BCUT2D eigenvalue weighted by Crippen LogP contribution is -2.35. The highest BCUT2D eigenvalue weighted by atomic mass is 16.5. The fourth-order valence-corrected chi connectivity index (χ4v) is 2.72. The van der Waals surface area contributed by atoms with Gasteiger partial charge in [0.25, 0.3) is 5.91 Å². The quantitative estimate of drug-likeness (QED) is 0.880. The zero-order valence-electron chi connectivity index (χ0n) is 12.2. The monoisotopic (exact) mass is 298 g/mol. The van der Waals surface area contributed by atoms with Crippen LogP contribution in [-0.2, 0) is 9.53 Å². The maximum absolute atomic E-state index is 12.0. The SMILES string of the molecule is O=C(COC(=O)c1ccc2ccccc2n1)NC1CCCC1. The third-order valence-electron chi connectivity index (χ3n) is 3.86. The van der Waals surface area contributed by atoms with Crippen LogP contribution in [0.5, 0.6) is 0 Å². The summed E-state index contributed by atoms with van der Waals surface area (Å²) in [5.41, 5.74) is 0.944. The Balaban J connectivity index is 1.57. The number of aromatic nitrogens is 1. The second kappa shape index (κ2) is 6.56. The zero-order valence-corrected chi connectivity index (χ0v) is 12.2. The van der Waals surface area contributed by atoms with Crippen LogP contribution in [0.2, 0.25) is 0 Å². The summed E-state index contributed by atoms with van der Waals surface area (Å²) in [5, 5.41) is 3.84. The highest BCUT2D eigenvalue weighted by Crippen LogP contribution is 2.17. The summed E-state index contributed by atoms with van der Waals surface area (Å²) in [4.78, 5) is 28.0. The number of benzene rings is 1. The van der Waals surface area contributed by atoms with Gasteiger partial charge in [0.2, 0.25) is 0 Å². The number of rotatable bonds is 4. The minimum absolute atomic E-state index is 0.215. The molecule has 5 nitrogen and oxygen atoms in total. The highest BCUT2D eigenvalue weighted by Gasteiger charge is 2.18. The van der Waals surface area contributed by atoms with E-state index in [-0.39, 0.29) is 24.2 Å². The summed E-state index contributed by atoms with van der Waals surface area (Å²) in [6, 6.07) is 11.2. The van der Waals surface area contributed by atoms with Gasteiger partial charge in [-0.15, -0.1) is 0 Å². The molecule has 1 amide bonds. The molecule has 0 aliphatic heterocycles. The van der Waals surface area contributed by atoms with E-state index in [4.69, 9.17) is 4.74 Å². The second-order valence-corrected chi connectivity index (χ2v) is 5.51. The summed E-state index contributed by atoms with van der Waals surface area (Å²) in [7, 11) is 0. The number of nitrogens with zero attached hydrogens (tertiary/aromatic N) is 1. The molecule has 5 heteroatoms. The number of pyridine rings is 1. The molecule has 0 spiro atoms. The summed E-state index contributed by atoms with van der Waals surface area (Å²) in [6.45, 7) is -0.260. The van der Waals surface area contributed by atoms with Gasteiger partial charge in [0.1, 0.15) is 5.69 Å². The summed E-state index contributed by atoms with van der Waals surface area (Å²) >= 11 is 0. The lowest BCUT2D eigenvalue weighted by molar-refractivity contribution is -0.124. The minimum Gasteiger partial charge on any atom is -0.451 e. The van der Waals surface area contributed by atoms with E-state index in [1.165, 1.54) is 0 Å². The first-order valence-corrected chi connectivity index (χ1v) is 7.55. The van der Waals surface area contributed by atoms with Crippen molar-refractivity contribution in [1.82, 2.24) is 10.3 Å². The van der Waals surface area contributed by atoms with Crippen molar-refractivity contribution >= 4 is 22.8 Å². The van der Waals surface area contributed by atoms with Crippen molar-refractivity contribution in [2.75, 3.05) is 6.61 Å². The van der Waals surface area contributed by atoms with Gasteiger partial charge >= 0.3 is 5.97 Å². The van der Waals surface area contributed by atoms with Crippen LogP contribution in [0.4, 0.5) is 0 Å². The Morgan fingerprint density at radius 2 is 1.91 bits per heavy atom. The first kappa shape index (κ1) is 14.5. The molecule has 1 fully saturated rings. The van der Waals surface area contributed by atoms with Gasteiger partial charge < -0.3 is 10.1 Å². The molecule has 0 unspecified atom stereocenters. The van der Waals surface area contributed by atoms with Crippen molar-refractivity contribution in [2.24, 2.45) is 0 Å². The molecule has 2 aromatic rings. The average Bonchev–Trinajstić information content (AvgIpc) is 3.05. The van der Waals surface area contributed by atoms with Crippen LogP contribution in [-0.4, -0.2) is 29.5 Å². The summed E-state index contributed by atoms with van der Waals surface area (Å²) in [6.07, 6.45) is 4.30. The molecule has 3 rings (SSSR count). The van der Waals surface area contributed by atoms with Gasteiger partial charge in [-0.05, 0) is 25.0 Å². The molecule has 1 aromatic carbocycles. The molecule has 0 bridgehead atoms. The van der Waals surface area contributed by atoms with Crippen LogP contribution in [0.1, 0.15) is 36.2 Å². The molecule has 1 aromatic heterocycles. The van der Waals surface area contributed by atoms with Crippen molar-refractivity contribution in [3.63, 3.8) is 0 Å². The fourth-order valence-electron chi connectivity index (χ4n) is 2.72. The smallest absolute Gasteiger partial charge is 0.357 e. The number of carbonyl (C=O) groups excluding carboxylic acids is 2. The van der Waals surface area contributed by atoms with Crippen LogP contribution >= 0.6 is 0 Å². The van der Waals surface area contributed by atoms with Crippen molar-refractivity contribution in [3.05, 3.63) is 42.1 Å². The van der Waals surface area contributed by atoms with Gasteiger partial charge in [0.05, 0.1) is 5.52 Å². The molecule has 1 aliphatic carbocycles. The van der Waals surface area contributed by atoms with Crippen LogP contribution in [0.25, 0.3) is 10.9 Å². The Kier molecular flexibility index (Phi) is 4.32. The topological polar surface area (TPSA) is 68.3 Å². The molecule has 0 atom stereocenters. The number of carbonyl (C=O) groups is 2. The van der Waals surface area contributed by atoms with Gasteiger partial charge in [-0.1, -0.05) is 37.1 Å². The van der Waals surface area contributed by atoms with Crippen molar-refractivity contribution in [3.8, 4) is 0 Å². The third-order valence-corrected chi connectivity index (χ3v) is 3.86. The number of ether oxygens (including phenoxy) is 1. The Morgan fingerprint density at radius 1 is 1.14 bits per heavy atom. The second-order valence-electron chi connectivity index (χ2n) is 5.51. The highest BCUT2D eigenvalue weighted by molar-refractivity contribution is 5.92. The van der Waals surface area contributed by atoms with Gasteiger partial charge in [0, 0.05) is 11.4 Å². The van der Waals surface area contributed by atoms with Crippen LogP contribution in [0.15, 0.2) is 36.4 Å². The molecule has 114 valence electrons. The normalized spacial score (nSPS) is 14.9. The third kappa shape index (κ3) is 3.42. The minimum atomic E-state index is -0.577. The number of hydrogen-bond acceptors (Lipinski definition) is 4. The fraction of sp³-hybridized carbons (Fsp3) is 0.353. The van der Waals surface area contributed by atoms with Gasteiger partial charge in [-0.25, -0.2) is 9.78 Å². The van der Waals surface area contributed by atoms with Gasteiger partial charge in [0.15, 0.2) is 6.61 Å². The molecular formula is C17H18N2O3. The maximum atomic E-state index is 12.0. The zero-order chi connectivity index (χ0) is 15.4. The molecule has 1 saturated carbocycles. The molecule has 1 aliphatic rings. The Hall–Kier alpha value is -2.43. The predicted molar refractivity (Wildman–Crippen MR) is 82.4 cm³/mol. The molecule has 0 saturated heterocycles. The Bertz CT molecular complexity index is 693. The number of hydrogen-bond donors (Lipinski definition) is 1. The van der Waals surface area contributed by atoms with E-state index in [0.29, 0.717) is 0 Å². The van der Waals surface area contributed by atoms with Crippen LogP contribution < -0.4 is 5.32 Å². The van der Waals surface area contributed by atoms with Crippen molar-refractivity contribution in [2.45, 2.75) is 31.7 Å². The van der Waals surface area contributed by atoms with Crippen LogP contribution in [0.3, 0.4) is 0 Å².